The molecule has 6 nitrogen and oxygen atoms in total. The van der Waals surface area contributed by atoms with Crippen molar-refractivity contribution in [2.75, 3.05) is 6.26 Å². The highest BCUT2D eigenvalue weighted by Crippen LogP contribution is 2.40. The predicted molar refractivity (Wildman–Crippen MR) is 169 cm³/mol. The third-order valence-corrected chi connectivity index (χ3v) is 8.51. The standard InChI is InChI=1S/C34H33ClN2O4S/c1-23(36-42(2,40)41)32-29(15-9-10-24-16-18-27(19-17-24)34(38)39)30-22-28(35)20-21-31(30)37(32)33(25-11-5-3-6-12-25)26-13-7-4-8-14-26/h3-8,11-14,16-23,33,36H,9-10,15H2,1-2H3,(H,38,39). The van der Waals surface area contributed by atoms with Gasteiger partial charge in [-0.15, -0.1) is 0 Å². The van der Waals surface area contributed by atoms with Crippen LogP contribution in [0.4, 0.5) is 0 Å². The van der Waals surface area contributed by atoms with E-state index in [2.05, 4.69) is 33.6 Å². The van der Waals surface area contributed by atoms with E-state index in [0.29, 0.717) is 11.4 Å². The van der Waals surface area contributed by atoms with Gasteiger partial charge in [-0.2, -0.15) is 0 Å². The molecule has 1 atom stereocenters. The second kappa shape index (κ2) is 12.5. The lowest BCUT2D eigenvalue weighted by Crippen LogP contribution is -2.29. The molecule has 0 aliphatic carbocycles. The third kappa shape index (κ3) is 6.59. The third-order valence-electron chi connectivity index (χ3n) is 7.49. The number of fused-ring (bicyclic) bond motifs is 1. The Bertz CT molecular complexity index is 1760. The van der Waals surface area contributed by atoms with Crippen LogP contribution in [-0.4, -0.2) is 30.3 Å². The number of benzene rings is 4. The molecule has 216 valence electrons. The largest absolute Gasteiger partial charge is 0.478 e. The first kappa shape index (κ1) is 29.6. The minimum Gasteiger partial charge on any atom is -0.478 e. The van der Waals surface area contributed by atoms with Crippen molar-refractivity contribution in [2.45, 2.75) is 38.3 Å². The van der Waals surface area contributed by atoms with Crippen molar-refractivity contribution in [3.05, 3.63) is 142 Å². The van der Waals surface area contributed by atoms with E-state index in [1.54, 1.807) is 12.1 Å². The van der Waals surface area contributed by atoms with E-state index in [0.717, 1.165) is 51.7 Å². The Morgan fingerprint density at radius 2 is 1.48 bits per heavy atom. The molecule has 1 heterocycles. The maximum absolute atomic E-state index is 12.5. The normalized spacial score (nSPS) is 12.6. The molecule has 5 rings (SSSR count). The summed E-state index contributed by atoms with van der Waals surface area (Å²) in [6, 6.07) is 32.5. The Hall–Kier alpha value is -3.91. The lowest BCUT2D eigenvalue weighted by molar-refractivity contribution is 0.0697. The van der Waals surface area contributed by atoms with Gasteiger partial charge in [-0.05, 0) is 78.8 Å². The molecule has 0 amide bonds. The van der Waals surface area contributed by atoms with Gasteiger partial charge in [0.05, 0.1) is 23.9 Å². The quantitative estimate of drug-likeness (QED) is 0.165. The number of carboxylic acids is 1. The Morgan fingerprint density at radius 3 is 2.02 bits per heavy atom. The van der Waals surface area contributed by atoms with E-state index >= 15 is 0 Å². The molecule has 0 radical (unpaired) electrons. The fourth-order valence-corrected chi connectivity index (χ4v) is 6.73. The Morgan fingerprint density at radius 1 is 0.881 bits per heavy atom. The zero-order valence-electron chi connectivity index (χ0n) is 23.5. The molecule has 5 aromatic rings. The van der Waals surface area contributed by atoms with Crippen LogP contribution in [0.2, 0.25) is 5.02 Å². The van der Waals surface area contributed by atoms with E-state index in [1.165, 1.54) is 6.26 Å². The maximum atomic E-state index is 12.5. The highest BCUT2D eigenvalue weighted by molar-refractivity contribution is 7.88. The Labute approximate surface area is 251 Å². The predicted octanol–water partition coefficient (Wildman–Crippen LogP) is 7.42. The minimum atomic E-state index is -3.52. The van der Waals surface area contributed by atoms with E-state index in [1.807, 2.05) is 73.7 Å². The first-order valence-corrected chi connectivity index (χ1v) is 16.1. The van der Waals surface area contributed by atoms with Crippen molar-refractivity contribution in [1.82, 2.24) is 9.29 Å². The summed E-state index contributed by atoms with van der Waals surface area (Å²) in [5, 5.41) is 10.8. The van der Waals surface area contributed by atoms with Crippen LogP contribution in [-0.2, 0) is 22.9 Å². The van der Waals surface area contributed by atoms with Gasteiger partial charge in [-0.25, -0.2) is 17.9 Å². The number of carbonyl (C=O) groups is 1. The summed E-state index contributed by atoms with van der Waals surface area (Å²) in [5.41, 5.74) is 6.34. The zero-order chi connectivity index (χ0) is 29.9. The van der Waals surface area contributed by atoms with Crippen molar-refractivity contribution in [3.8, 4) is 0 Å². The number of hydrogen-bond donors (Lipinski definition) is 2. The molecule has 0 aliphatic heterocycles. The summed E-state index contributed by atoms with van der Waals surface area (Å²) in [6.07, 6.45) is 3.37. The van der Waals surface area contributed by atoms with Crippen LogP contribution in [0.1, 0.15) is 63.7 Å². The molecular weight excluding hydrogens is 568 g/mol. The van der Waals surface area contributed by atoms with Crippen molar-refractivity contribution < 1.29 is 18.3 Å². The second-order valence-electron chi connectivity index (χ2n) is 10.6. The van der Waals surface area contributed by atoms with Crippen LogP contribution in [0, 0.1) is 0 Å². The summed E-state index contributed by atoms with van der Waals surface area (Å²) in [4.78, 5) is 11.3. The molecule has 0 saturated carbocycles. The molecule has 1 aromatic heterocycles. The molecular formula is C34H33ClN2O4S. The highest BCUT2D eigenvalue weighted by Gasteiger charge is 2.29. The number of sulfonamides is 1. The molecule has 4 aromatic carbocycles. The van der Waals surface area contributed by atoms with Crippen molar-refractivity contribution in [3.63, 3.8) is 0 Å². The van der Waals surface area contributed by atoms with Crippen LogP contribution < -0.4 is 4.72 Å². The van der Waals surface area contributed by atoms with Gasteiger partial charge < -0.3 is 9.67 Å². The number of aryl methyl sites for hydroxylation is 2. The fraction of sp³-hybridized carbons (Fsp3) is 0.206. The van der Waals surface area contributed by atoms with Crippen LogP contribution in [0.5, 0.6) is 0 Å². The maximum Gasteiger partial charge on any atom is 0.335 e. The van der Waals surface area contributed by atoms with Crippen molar-refractivity contribution in [2.24, 2.45) is 0 Å². The number of hydrogen-bond acceptors (Lipinski definition) is 3. The molecule has 2 N–H and O–H groups in total. The number of aromatic nitrogens is 1. The van der Waals surface area contributed by atoms with Crippen LogP contribution >= 0.6 is 11.6 Å². The first-order valence-electron chi connectivity index (χ1n) is 13.8. The molecule has 0 bridgehead atoms. The van der Waals surface area contributed by atoms with Gasteiger partial charge in [-0.1, -0.05) is 84.4 Å². The molecule has 42 heavy (non-hydrogen) atoms. The SMILES string of the molecule is CC(NS(C)(=O)=O)c1c(CCCc2ccc(C(=O)O)cc2)c2cc(Cl)ccc2n1C(c1ccccc1)c1ccccc1. The fourth-order valence-electron chi connectivity index (χ4n) is 5.81. The summed E-state index contributed by atoms with van der Waals surface area (Å²) in [6.45, 7) is 1.88. The van der Waals surface area contributed by atoms with Crippen molar-refractivity contribution >= 4 is 38.5 Å². The minimum absolute atomic E-state index is 0.216. The molecule has 8 heteroatoms. The van der Waals surface area contributed by atoms with E-state index in [9.17, 15) is 18.3 Å². The monoisotopic (exact) mass is 600 g/mol. The van der Waals surface area contributed by atoms with Gasteiger partial charge in [0, 0.05) is 21.6 Å². The molecule has 0 saturated heterocycles. The summed E-state index contributed by atoms with van der Waals surface area (Å²) >= 11 is 6.55. The molecule has 0 fully saturated rings. The Balaban J connectivity index is 1.68. The van der Waals surface area contributed by atoms with Gasteiger partial charge in [0.15, 0.2) is 0 Å². The van der Waals surface area contributed by atoms with Crippen LogP contribution in [0.25, 0.3) is 10.9 Å². The van der Waals surface area contributed by atoms with Gasteiger partial charge in [-0.3, -0.25) is 0 Å². The van der Waals surface area contributed by atoms with Crippen LogP contribution in [0.15, 0.2) is 103 Å². The molecule has 0 aliphatic rings. The smallest absolute Gasteiger partial charge is 0.335 e. The number of halogens is 1. The first-order chi connectivity index (χ1) is 20.1. The topological polar surface area (TPSA) is 88.4 Å². The van der Waals surface area contributed by atoms with Crippen molar-refractivity contribution in [1.29, 1.82) is 0 Å². The number of aromatic carboxylic acids is 1. The summed E-state index contributed by atoms with van der Waals surface area (Å²) in [7, 11) is -3.52. The second-order valence-corrected chi connectivity index (χ2v) is 12.8. The average molecular weight is 601 g/mol. The zero-order valence-corrected chi connectivity index (χ0v) is 25.1. The number of rotatable bonds is 11. The molecule has 1 unspecified atom stereocenters. The average Bonchev–Trinajstić information content (AvgIpc) is 3.27. The number of nitrogens with zero attached hydrogens (tertiary/aromatic N) is 1. The van der Waals surface area contributed by atoms with Crippen LogP contribution in [0.3, 0.4) is 0 Å². The van der Waals surface area contributed by atoms with E-state index in [4.69, 9.17) is 11.6 Å². The summed E-state index contributed by atoms with van der Waals surface area (Å²) in [5.74, 6) is -0.949. The van der Waals surface area contributed by atoms with Gasteiger partial charge in [0.2, 0.25) is 10.0 Å². The lowest BCUT2D eigenvalue weighted by atomic mass is 9.96. The van der Waals surface area contributed by atoms with Gasteiger partial charge in [0.25, 0.3) is 0 Å². The van der Waals surface area contributed by atoms with Gasteiger partial charge >= 0.3 is 5.97 Å². The Kier molecular flexibility index (Phi) is 8.82. The lowest BCUT2D eigenvalue weighted by Gasteiger charge is -2.27. The number of carboxylic acid groups (broad SMARTS) is 1. The van der Waals surface area contributed by atoms with E-state index < -0.39 is 22.0 Å². The summed E-state index contributed by atoms with van der Waals surface area (Å²) < 4.78 is 30.1. The molecule has 0 spiro atoms. The van der Waals surface area contributed by atoms with E-state index in [-0.39, 0.29) is 11.6 Å². The highest BCUT2D eigenvalue weighted by atomic mass is 35.5. The number of nitrogens with one attached hydrogen (secondary N) is 1. The van der Waals surface area contributed by atoms with Gasteiger partial charge in [0.1, 0.15) is 0 Å².